The fraction of sp³-hybridized carbons (Fsp3) is 0.833. The second-order valence-corrected chi connectivity index (χ2v) is 6.14. The van der Waals surface area contributed by atoms with Gasteiger partial charge in [0, 0.05) is 5.25 Å². The molecule has 4 nitrogen and oxygen atoms in total. The zero-order valence-corrected chi connectivity index (χ0v) is 12.0. The predicted octanol–water partition coefficient (Wildman–Crippen LogP) is 3.08. The van der Waals surface area contributed by atoms with Crippen LogP contribution in [0.2, 0.25) is 0 Å². The summed E-state index contributed by atoms with van der Waals surface area (Å²) in [7, 11) is 0. The van der Waals surface area contributed by atoms with Gasteiger partial charge in [0.2, 0.25) is 5.89 Å². The van der Waals surface area contributed by atoms with Gasteiger partial charge in [-0.25, -0.2) is 0 Å². The molecule has 0 saturated heterocycles. The highest BCUT2D eigenvalue weighted by Crippen LogP contribution is 2.23. The summed E-state index contributed by atoms with van der Waals surface area (Å²) >= 11 is 1.84. The number of nitrogens with two attached hydrogens (primary N) is 1. The standard InChI is InChI=1S/C12H23N3OS/c1-5-7-12(4,13)11-14-10(15-16-11)8-17-9(3)6-2/h9H,5-8,13H2,1-4H3. The maximum atomic E-state index is 6.14. The Kier molecular flexibility index (Phi) is 5.46. The molecule has 2 atom stereocenters. The molecule has 0 spiro atoms. The maximum Gasteiger partial charge on any atom is 0.246 e. The molecule has 1 aromatic heterocycles. The fourth-order valence-electron chi connectivity index (χ4n) is 1.51. The van der Waals surface area contributed by atoms with Gasteiger partial charge in [0.15, 0.2) is 5.82 Å². The number of hydrogen-bond acceptors (Lipinski definition) is 5. The third-order valence-electron chi connectivity index (χ3n) is 2.80. The molecule has 0 aliphatic heterocycles. The van der Waals surface area contributed by atoms with Crippen LogP contribution in [0.15, 0.2) is 4.52 Å². The Morgan fingerprint density at radius 2 is 2.18 bits per heavy atom. The number of thioether (sulfide) groups is 1. The molecule has 1 rings (SSSR count). The molecule has 0 radical (unpaired) electrons. The van der Waals surface area contributed by atoms with Crippen LogP contribution in [-0.2, 0) is 11.3 Å². The van der Waals surface area contributed by atoms with Crippen LogP contribution in [-0.4, -0.2) is 15.4 Å². The number of nitrogens with zero attached hydrogens (tertiary/aromatic N) is 2. The van der Waals surface area contributed by atoms with Crippen LogP contribution >= 0.6 is 11.8 Å². The molecule has 17 heavy (non-hydrogen) atoms. The molecule has 0 aliphatic rings. The van der Waals surface area contributed by atoms with Crippen molar-refractivity contribution in [3.63, 3.8) is 0 Å². The molecular formula is C12H23N3OS. The molecular weight excluding hydrogens is 234 g/mol. The molecule has 0 aliphatic carbocycles. The Morgan fingerprint density at radius 1 is 1.47 bits per heavy atom. The Hall–Kier alpha value is -0.550. The average molecular weight is 257 g/mol. The van der Waals surface area contributed by atoms with Crippen LogP contribution in [0.4, 0.5) is 0 Å². The molecule has 1 aromatic rings. The summed E-state index contributed by atoms with van der Waals surface area (Å²) < 4.78 is 5.25. The van der Waals surface area contributed by atoms with Gasteiger partial charge in [-0.2, -0.15) is 16.7 Å². The van der Waals surface area contributed by atoms with E-state index >= 15 is 0 Å². The van der Waals surface area contributed by atoms with Crippen molar-refractivity contribution < 1.29 is 4.52 Å². The van der Waals surface area contributed by atoms with Gasteiger partial charge in [-0.05, 0) is 19.8 Å². The summed E-state index contributed by atoms with van der Waals surface area (Å²) in [5.41, 5.74) is 5.64. The van der Waals surface area contributed by atoms with Crippen molar-refractivity contribution in [2.24, 2.45) is 5.73 Å². The van der Waals surface area contributed by atoms with E-state index in [0.29, 0.717) is 11.1 Å². The minimum absolute atomic E-state index is 0.499. The van der Waals surface area contributed by atoms with Crippen molar-refractivity contribution >= 4 is 11.8 Å². The largest absolute Gasteiger partial charge is 0.337 e. The van der Waals surface area contributed by atoms with E-state index in [1.807, 2.05) is 18.7 Å². The Bertz CT molecular complexity index is 338. The summed E-state index contributed by atoms with van der Waals surface area (Å²) in [5.74, 6) is 2.10. The summed E-state index contributed by atoms with van der Waals surface area (Å²) in [6, 6.07) is 0. The van der Waals surface area contributed by atoms with Gasteiger partial charge in [-0.3, -0.25) is 0 Å². The van der Waals surface area contributed by atoms with E-state index in [9.17, 15) is 0 Å². The normalized spacial score (nSPS) is 16.8. The van der Waals surface area contributed by atoms with Gasteiger partial charge in [0.05, 0.1) is 11.3 Å². The van der Waals surface area contributed by atoms with Gasteiger partial charge < -0.3 is 10.3 Å². The minimum atomic E-state index is -0.499. The quantitative estimate of drug-likeness (QED) is 0.813. The van der Waals surface area contributed by atoms with Crippen LogP contribution in [0.1, 0.15) is 58.7 Å². The molecule has 0 fully saturated rings. The fourth-order valence-corrected chi connectivity index (χ4v) is 2.29. The van der Waals surface area contributed by atoms with Crippen molar-refractivity contribution in [3.05, 3.63) is 11.7 Å². The topological polar surface area (TPSA) is 64.9 Å². The van der Waals surface area contributed by atoms with E-state index in [4.69, 9.17) is 10.3 Å². The summed E-state index contributed by atoms with van der Waals surface area (Å²) in [4.78, 5) is 4.38. The molecule has 0 aromatic carbocycles. The smallest absolute Gasteiger partial charge is 0.246 e. The van der Waals surface area contributed by atoms with Crippen molar-refractivity contribution in [1.29, 1.82) is 0 Å². The molecule has 2 N–H and O–H groups in total. The highest BCUT2D eigenvalue weighted by molar-refractivity contribution is 7.99. The number of hydrogen-bond donors (Lipinski definition) is 1. The second kappa shape index (κ2) is 6.40. The lowest BCUT2D eigenvalue weighted by Crippen LogP contribution is -2.33. The first-order valence-electron chi connectivity index (χ1n) is 6.23. The van der Waals surface area contributed by atoms with Crippen LogP contribution in [0.25, 0.3) is 0 Å². The second-order valence-electron chi connectivity index (χ2n) is 4.71. The zero-order chi connectivity index (χ0) is 12.9. The van der Waals surface area contributed by atoms with E-state index in [0.717, 1.165) is 30.8 Å². The predicted molar refractivity (Wildman–Crippen MR) is 71.8 cm³/mol. The van der Waals surface area contributed by atoms with Gasteiger partial charge >= 0.3 is 0 Å². The van der Waals surface area contributed by atoms with Crippen molar-refractivity contribution in [1.82, 2.24) is 10.1 Å². The van der Waals surface area contributed by atoms with Crippen LogP contribution in [0.3, 0.4) is 0 Å². The van der Waals surface area contributed by atoms with Crippen LogP contribution in [0, 0.1) is 0 Å². The Morgan fingerprint density at radius 3 is 2.76 bits per heavy atom. The SMILES string of the molecule is CCCC(C)(N)c1nc(CSC(C)CC)no1. The number of aromatic nitrogens is 2. The lowest BCUT2D eigenvalue weighted by Gasteiger charge is -2.18. The maximum absolute atomic E-state index is 6.14. The van der Waals surface area contributed by atoms with Gasteiger partial charge in [-0.1, -0.05) is 32.3 Å². The lowest BCUT2D eigenvalue weighted by molar-refractivity contribution is 0.282. The summed E-state index contributed by atoms with van der Waals surface area (Å²) in [6.07, 6.45) is 3.01. The molecule has 1 heterocycles. The Labute approximate surface area is 108 Å². The minimum Gasteiger partial charge on any atom is -0.337 e. The van der Waals surface area contributed by atoms with Crippen molar-refractivity contribution in [2.75, 3.05) is 0 Å². The first-order chi connectivity index (χ1) is 7.99. The lowest BCUT2D eigenvalue weighted by atomic mass is 9.98. The first-order valence-corrected chi connectivity index (χ1v) is 7.28. The van der Waals surface area contributed by atoms with Crippen LogP contribution < -0.4 is 5.73 Å². The van der Waals surface area contributed by atoms with E-state index < -0.39 is 5.54 Å². The van der Waals surface area contributed by atoms with Crippen molar-refractivity contribution in [3.8, 4) is 0 Å². The highest BCUT2D eigenvalue weighted by atomic mass is 32.2. The van der Waals surface area contributed by atoms with E-state index in [1.54, 1.807) is 0 Å². The van der Waals surface area contributed by atoms with E-state index in [1.165, 1.54) is 0 Å². The Balaban J connectivity index is 2.59. The van der Waals surface area contributed by atoms with Gasteiger partial charge in [-0.15, -0.1) is 0 Å². The third-order valence-corrected chi connectivity index (χ3v) is 4.13. The summed E-state index contributed by atoms with van der Waals surface area (Å²) in [6.45, 7) is 8.42. The van der Waals surface area contributed by atoms with Crippen molar-refractivity contribution in [2.45, 2.75) is 63.5 Å². The molecule has 5 heteroatoms. The molecule has 0 saturated carbocycles. The van der Waals surface area contributed by atoms with Gasteiger partial charge in [0.25, 0.3) is 0 Å². The van der Waals surface area contributed by atoms with Crippen LogP contribution in [0.5, 0.6) is 0 Å². The number of rotatable bonds is 7. The average Bonchev–Trinajstić information content (AvgIpc) is 2.75. The van der Waals surface area contributed by atoms with Gasteiger partial charge in [0.1, 0.15) is 0 Å². The van der Waals surface area contributed by atoms with E-state index in [2.05, 4.69) is 30.9 Å². The third kappa shape index (κ3) is 4.32. The molecule has 98 valence electrons. The highest BCUT2D eigenvalue weighted by Gasteiger charge is 2.27. The summed E-state index contributed by atoms with van der Waals surface area (Å²) in [5, 5.41) is 4.61. The monoisotopic (exact) mass is 257 g/mol. The molecule has 0 bridgehead atoms. The molecule has 2 unspecified atom stereocenters. The molecule has 0 amide bonds. The van der Waals surface area contributed by atoms with E-state index in [-0.39, 0.29) is 0 Å². The first kappa shape index (κ1) is 14.5. The zero-order valence-electron chi connectivity index (χ0n) is 11.2.